The highest BCUT2D eigenvalue weighted by atomic mass is 19.4. The molecule has 1 atom stereocenters. The van der Waals surface area contributed by atoms with Crippen molar-refractivity contribution < 1.29 is 22.7 Å². The summed E-state index contributed by atoms with van der Waals surface area (Å²) in [5, 5.41) is 4.09. The first kappa shape index (κ1) is 26.7. The molecule has 0 aliphatic carbocycles. The molecule has 1 amide bonds. The number of halogens is 3. The summed E-state index contributed by atoms with van der Waals surface area (Å²) >= 11 is 0. The number of hydrogen-bond donors (Lipinski definition) is 0. The van der Waals surface area contributed by atoms with Gasteiger partial charge in [0, 0.05) is 50.7 Å². The molecule has 198 valence electrons. The third-order valence-corrected chi connectivity index (χ3v) is 7.09. The Morgan fingerprint density at radius 3 is 2.35 bits per heavy atom. The maximum absolute atomic E-state index is 12.8. The van der Waals surface area contributed by atoms with E-state index in [4.69, 9.17) is 4.74 Å². The molecule has 1 aromatic heterocycles. The number of amides is 1. The lowest BCUT2D eigenvalue weighted by molar-refractivity contribution is -0.137. The molecule has 2 heterocycles. The number of ether oxygens (including phenoxy) is 1. The lowest BCUT2D eigenvalue weighted by Crippen LogP contribution is -2.49. The van der Waals surface area contributed by atoms with Crippen molar-refractivity contribution in [2.24, 2.45) is 0 Å². The van der Waals surface area contributed by atoms with Gasteiger partial charge in [-0.15, -0.1) is 0 Å². The number of hydrogen-bond acceptors (Lipinski definition) is 5. The molecular weight excluding hydrogens is 483 g/mol. The van der Waals surface area contributed by atoms with Crippen molar-refractivity contribution in [3.63, 3.8) is 0 Å². The van der Waals surface area contributed by atoms with Crippen LogP contribution in [0.4, 0.5) is 13.2 Å². The molecule has 0 bridgehead atoms. The van der Waals surface area contributed by atoms with Gasteiger partial charge in [-0.05, 0) is 67.8 Å². The fourth-order valence-electron chi connectivity index (χ4n) is 4.68. The average Bonchev–Trinajstić information content (AvgIpc) is 3.41. The highest BCUT2D eigenvalue weighted by molar-refractivity contribution is 5.94. The second kappa shape index (κ2) is 11.3. The molecule has 4 rings (SSSR count). The van der Waals surface area contributed by atoms with Crippen LogP contribution in [-0.4, -0.2) is 63.3 Å². The van der Waals surface area contributed by atoms with Gasteiger partial charge in [-0.1, -0.05) is 6.07 Å². The summed E-state index contributed by atoms with van der Waals surface area (Å²) < 4.78 is 46.2. The van der Waals surface area contributed by atoms with Crippen molar-refractivity contribution in [1.29, 1.82) is 0 Å². The number of rotatable bonds is 8. The Balaban J connectivity index is 1.31. The third-order valence-electron chi connectivity index (χ3n) is 7.09. The van der Waals surface area contributed by atoms with Crippen molar-refractivity contribution in [3.05, 3.63) is 76.9 Å². The monoisotopic (exact) mass is 515 g/mol. The summed E-state index contributed by atoms with van der Waals surface area (Å²) in [7, 11) is 0. The van der Waals surface area contributed by atoms with Crippen LogP contribution in [0, 0.1) is 13.8 Å². The van der Waals surface area contributed by atoms with Crippen LogP contribution in [0.1, 0.15) is 52.0 Å². The standard InChI is InChI=1S/C27H32F3N5O2/c1-19-20(2)25(37-16-4-11-35-18-31-17-32-35)10-9-24(19)21(3)33-12-14-34(15-13-33)26(36)22-5-7-23(8-6-22)27(28,29)30/h5-10,17-18,21H,4,11-16H2,1-3H3. The van der Waals surface area contributed by atoms with Gasteiger partial charge in [0.15, 0.2) is 0 Å². The first-order valence-electron chi connectivity index (χ1n) is 12.4. The first-order valence-corrected chi connectivity index (χ1v) is 12.4. The normalized spacial score (nSPS) is 15.6. The van der Waals surface area contributed by atoms with Crippen molar-refractivity contribution in [1.82, 2.24) is 24.6 Å². The van der Waals surface area contributed by atoms with Crippen LogP contribution >= 0.6 is 0 Å². The Labute approximate surface area is 214 Å². The lowest BCUT2D eigenvalue weighted by atomic mass is 9.96. The largest absolute Gasteiger partial charge is 0.493 e. The second-order valence-electron chi connectivity index (χ2n) is 9.34. The molecule has 0 radical (unpaired) electrons. The Morgan fingerprint density at radius 2 is 1.73 bits per heavy atom. The van der Waals surface area contributed by atoms with E-state index >= 15 is 0 Å². The van der Waals surface area contributed by atoms with E-state index in [0.717, 1.165) is 36.4 Å². The summed E-state index contributed by atoms with van der Waals surface area (Å²) in [5.74, 6) is 0.636. The van der Waals surface area contributed by atoms with Gasteiger partial charge in [0.25, 0.3) is 5.91 Å². The predicted molar refractivity (Wildman–Crippen MR) is 133 cm³/mol. The summed E-state index contributed by atoms with van der Waals surface area (Å²) in [5.41, 5.74) is 3.04. The van der Waals surface area contributed by atoms with E-state index in [0.29, 0.717) is 32.8 Å². The number of piperazine rings is 1. The molecule has 1 aliphatic heterocycles. The smallest absolute Gasteiger partial charge is 0.416 e. The molecule has 10 heteroatoms. The fraction of sp³-hybridized carbons (Fsp3) is 0.444. The molecule has 37 heavy (non-hydrogen) atoms. The Morgan fingerprint density at radius 1 is 1.03 bits per heavy atom. The van der Waals surface area contributed by atoms with Gasteiger partial charge >= 0.3 is 6.18 Å². The number of nitrogens with zero attached hydrogens (tertiary/aromatic N) is 5. The van der Waals surface area contributed by atoms with E-state index in [2.05, 4.69) is 41.8 Å². The topological polar surface area (TPSA) is 63.5 Å². The van der Waals surface area contributed by atoms with Gasteiger partial charge in [0.2, 0.25) is 0 Å². The minimum absolute atomic E-state index is 0.156. The summed E-state index contributed by atoms with van der Waals surface area (Å²) in [6.45, 7) is 10.1. The molecule has 1 fully saturated rings. The zero-order chi connectivity index (χ0) is 26.6. The molecule has 1 aliphatic rings. The SMILES string of the molecule is Cc1c(OCCCn2cncn2)ccc(C(C)N2CCN(C(=O)c3ccc(C(F)(F)F)cc3)CC2)c1C. The first-order chi connectivity index (χ1) is 17.6. The molecule has 0 spiro atoms. The minimum atomic E-state index is -4.41. The summed E-state index contributed by atoms with van der Waals surface area (Å²) in [4.78, 5) is 20.8. The molecule has 7 nitrogen and oxygen atoms in total. The zero-order valence-electron chi connectivity index (χ0n) is 21.3. The summed E-state index contributed by atoms with van der Waals surface area (Å²) in [6, 6.07) is 8.72. The molecule has 0 N–H and O–H groups in total. The van der Waals surface area contributed by atoms with Gasteiger partial charge in [0.05, 0.1) is 12.2 Å². The molecule has 1 unspecified atom stereocenters. The maximum Gasteiger partial charge on any atom is 0.416 e. The molecular formula is C27H32F3N5O2. The molecule has 2 aromatic carbocycles. The van der Waals surface area contributed by atoms with E-state index in [1.165, 1.54) is 29.6 Å². The Hall–Kier alpha value is -3.40. The highest BCUT2D eigenvalue weighted by Gasteiger charge is 2.31. The minimum Gasteiger partial charge on any atom is -0.493 e. The fourth-order valence-corrected chi connectivity index (χ4v) is 4.68. The van der Waals surface area contributed by atoms with Crippen LogP contribution in [0.15, 0.2) is 49.1 Å². The predicted octanol–water partition coefficient (Wildman–Crippen LogP) is 4.90. The number of alkyl halides is 3. The van der Waals surface area contributed by atoms with Crippen LogP contribution in [0.2, 0.25) is 0 Å². The number of carbonyl (C=O) groups excluding carboxylic acids is 1. The van der Waals surface area contributed by atoms with E-state index in [1.807, 2.05) is 6.07 Å². The Kier molecular flexibility index (Phi) is 8.16. The molecule has 0 saturated carbocycles. The van der Waals surface area contributed by atoms with Gasteiger partial charge < -0.3 is 9.64 Å². The van der Waals surface area contributed by atoms with Crippen LogP contribution < -0.4 is 4.74 Å². The van der Waals surface area contributed by atoms with E-state index < -0.39 is 11.7 Å². The third kappa shape index (κ3) is 6.30. The zero-order valence-corrected chi connectivity index (χ0v) is 21.3. The number of aryl methyl sites for hydroxylation is 1. The average molecular weight is 516 g/mol. The van der Waals surface area contributed by atoms with Crippen molar-refractivity contribution >= 4 is 5.91 Å². The number of benzene rings is 2. The Bertz CT molecular complexity index is 1190. The van der Waals surface area contributed by atoms with Gasteiger partial charge in [0.1, 0.15) is 18.4 Å². The quantitative estimate of drug-likeness (QED) is 0.400. The van der Waals surface area contributed by atoms with E-state index in [1.54, 1.807) is 15.9 Å². The van der Waals surface area contributed by atoms with Crippen molar-refractivity contribution in [2.45, 2.75) is 46.0 Å². The van der Waals surface area contributed by atoms with Crippen LogP contribution in [0.3, 0.4) is 0 Å². The van der Waals surface area contributed by atoms with Crippen LogP contribution in [-0.2, 0) is 12.7 Å². The van der Waals surface area contributed by atoms with E-state index in [9.17, 15) is 18.0 Å². The van der Waals surface area contributed by atoms with Gasteiger partial charge in [-0.2, -0.15) is 18.3 Å². The van der Waals surface area contributed by atoms with Gasteiger partial charge in [-0.3, -0.25) is 14.4 Å². The summed E-state index contributed by atoms with van der Waals surface area (Å²) in [6.07, 6.45) is -0.375. The van der Waals surface area contributed by atoms with Crippen molar-refractivity contribution in [2.75, 3.05) is 32.8 Å². The number of carbonyl (C=O) groups is 1. The van der Waals surface area contributed by atoms with Crippen LogP contribution in [0.5, 0.6) is 5.75 Å². The number of aromatic nitrogens is 3. The molecule has 3 aromatic rings. The lowest BCUT2D eigenvalue weighted by Gasteiger charge is -2.39. The molecule has 1 saturated heterocycles. The van der Waals surface area contributed by atoms with Gasteiger partial charge in [-0.25, -0.2) is 4.98 Å². The van der Waals surface area contributed by atoms with Crippen LogP contribution in [0.25, 0.3) is 0 Å². The maximum atomic E-state index is 12.8. The van der Waals surface area contributed by atoms with Crippen molar-refractivity contribution in [3.8, 4) is 5.75 Å². The second-order valence-corrected chi connectivity index (χ2v) is 9.34. The highest BCUT2D eigenvalue weighted by Crippen LogP contribution is 2.32. The van der Waals surface area contributed by atoms with E-state index in [-0.39, 0.29) is 17.5 Å².